The summed E-state index contributed by atoms with van der Waals surface area (Å²) in [6.07, 6.45) is -5.20. The zero-order valence-electron chi connectivity index (χ0n) is 8.34. The SMILES string of the molecule is [C-]#[N+]c1cc(C#N)cc(CC#N)c1C(F)(F)F. The maximum atomic E-state index is 12.7. The van der Waals surface area contributed by atoms with Crippen LogP contribution in [0.25, 0.3) is 4.85 Å². The van der Waals surface area contributed by atoms with Crippen molar-refractivity contribution in [3.8, 4) is 12.1 Å². The van der Waals surface area contributed by atoms with Gasteiger partial charge in [-0.05, 0) is 17.7 Å². The molecule has 17 heavy (non-hydrogen) atoms. The Hall–Kier alpha value is -2.52. The van der Waals surface area contributed by atoms with Crippen LogP contribution < -0.4 is 0 Å². The minimum Gasteiger partial charge on any atom is -0.237 e. The van der Waals surface area contributed by atoms with E-state index in [2.05, 4.69) is 4.85 Å². The Kier molecular flexibility index (Phi) is 3.36. The van der Waals surface area contributed by atoms with Crippen molar-refractivity contribution in [2.45, 2.75) is 12.6 Å². The maximum Gasteiger partial charge on any atom is 0.407 e. The van der Waals surface area contributed by atoms with E-state index in [1.165, 1.54) is 0 Å². The summed E-state index contributed by atoms with van der Waals surface area (Å²) in [6.45, 7) is 6.70. The van der Waals surface area contributed by atoms with Crippen LogP contribution in [-0.4, -0.2) is 0 Å². The first-order valence-electron chi connectivity index (χ1n) is 4.32. The normalized spacial score (nSPS) is 10.1. The fourth-order valence-corrected chi connectivity index (χ4v) is 1.39. The van der Waals surface area contributed by atoms with Gasteiger partial charge in [0, 0.05) is 5.56 Å². The van der Waals surface area contributed by atoms with E-state index >= 15 is 0 Å². The molecule has 0 atom stereocenters. The third kappa shape index (κ3) is 2.53. The lowest BCUT2D eigenvalue weighted by atomic mass is 9.99. The van der Waals surface area contributed by atoms with Gasteiger partial charge in [-0.15, -0.1) is 0 Å². The second-order valence-electron chi connectivity index (χ2n) is 3.09. The number of hydrogen-bond acceptors (Lipinski definition) is 2. The molecule has 0 aliphatic heterocycles. The molecular weight excluding hydrogens is 231 g/mol. The zero-order chi connectivity index (χ0) is 13.1. The Morgan fingerprint density at radius 3 is 2.35 bits per heavy atom. The third-order valence-corrected chi connectivity index (χ3v) is 2.00. The van der Waals surface area contributed by atoms with Crippen LogP contribution in [0.1, 0.15) is 16.7 Å². The number of halogens is 3. The number of nitrogens with zero attached hydrogens (tertiary/aromatic N) is 3. The van der Waals surface area contributed by atoms with Crippen LogP contribution in [0.2, 0.25) is 0 Å². The molecule has 0 saturated heterocycles. The van der Waals surface area contributed by atoms with Crippen LogP contribution in [0.15, 0.2) is 12.1 Å². The Balaban J connectivity index is 3.62. The number of nitriles is 2. The van der Waals surface area contributed by atoms with Crippen molar-refractivity contribution in [3.05, 3.63) is 40.2 Å². The van der Waals surface area contributed by atoms with Gasteiger partial charge >= 0.3 is 6.18 Å². The quantitative estimate of drug-likeness (QED) is 0.702. The van der Waals surface area contributed by atoms with Crippen LogP contribution in [0.4, 0.5) is 18.9 Å². The molecule has 0 radical (unpaired) electrons. The lowest BCUT2D eigenvalue weighted by Crippen LogP contribution is -2.09. The molecule has 3 nitrogen and oxygen atoms in total. The van der Waals surface area contributed by atoms with Crippen LogP contribution in [0.5, 0.6) is 0 Å². The highest BCUT2D eigenvalue weighted by molar-refractivity contribution is 5.61. The van der Waals surface area contributed by atoms with Crippen molar-refractivity contribution in [2.75, 3.05) is 0 Å². The van der Waals surface area contributed by atoms with Crippen molar-refractivity contribution < 1.29 is 13.2 Å². The predicted octanol–water partition coefficient (Wildman–Crippen LogP) is 3.19. The monoisotopic (exact) mass is 235 g/mol. The average molecular weight is 235 g/mol. The summed E-state index contributed by atoms with van der Waals surface area (Å²) in [5.74, 6) is 0. The Labute approximate surface area is 95.1 Å². The molecule has 6 heteroatoms. The first kappa shape index (κ1) is 12.5. The van der Waals surface area contributed by atoms with Crippen molar-refractivity contribution >= 4 is 5.69 Å². The maximum absolute atomic E-state index is 12.7. The highest BCUT2D eigenvalue weighted by Gasteiger charge is 2.36. The second-order valence-corrected chi connectivity index (χ2v) is 3.09. The van der Waals surface area contributed by atoms with Crippen LogP contribution >= 0.6 is 0 Å². The van der Waals surface area contributed by atoms with E-state index in [9.17, 15) is 13.2 Å². The lowest BCUT2D eigenvalue weighted by Gasteiger charge is -2.13. The van der Waals surface area contributed by atoms with Crippen LogP contribution in [-0.2, 0) is 12.6 Å². The molecule has 0 aliphatic carbocycles. The molecule has 0 fully saturated rings. The summed E-state index contributed by atoms with van der Waals surface area (Å²) < 4.78 is 38.2. The van der Waals surface area contributed by atoms with Gasteiger partial charge in [-0.1, -0.05) is 0 Å². The molecule has 0 N–H and O–H groups in total. The second kappa shape index (κ2) is 4.55. The minimum atomic E-state index is -4.71. The fraction of sp³-hybridized carbons (Fsp3) is 0.182. The lowest BCUT2D eigenvalue weighted by molar-refractivity contribution is -0.137. The van der Waals surface area contributed by atoms with Gasteiger partial charge in [-0.25, -0.2) is 4.85 Å². The van der Waals surface area contributed by atoms with Gasteiger partial charge < -0.3 is 0 Å². The van der Waals surface area contributed by atoms with Crippen molar-refractivity contribution in [1.82, 2.24) is 0 Å². The standard InChI is InChI=1S/C11H4F3N3/c1-17-9-5-7(6-16)4-8(2-3-15)10(9)11(12,13)14/h4-5H,2H2. The molecule has 1 rings (SSSR count). The van der Waals surface area contributed by atoms with E-state index in [1.54, 1.807) is 12.1 Å². The summed E-state index contributed by atoms with van der Waals surface area (Å²) in [6, 6.07) is 5.10. The van der Waals surface area contributed by atoms with Crippen LogP contribution in [0, 0.1) is 29.2 Å². The van der Waals surface area contributed by atoms with Gasteiger partial charge in [0.25, 0.3) is 0 Å². The molecule has 1 aromatic carbocycles. The summed E-state index contributed by atoms with van der Waals surface area (Å²) in [4.78, 5) is 2.76. The first-order valence-corrected chi connectivity index (χ1v) is 4.32. The molecule has 0 aromatic heterocycles. The summed E-state index contributed by atoms with van der Waals surface area (Å²) in [7, 11) is 0. The van der Waals surface area contributed by atoms with E-state index in [4.69, 9.17) is 17.1 Å². The van der Waals surface area contributed by atoms with E-state index in [1.807, 2.05) is 0 Å². The number of alkyl halides is 3. The average Bonchev–Trinajstić information content (AvgIpc) is 2.26. The number of rotatable bonds is 1. The molecule has 0 heterocycles. The molecular formula is C11H4F3N3. The Bertz CT molecular complexity index is 568. The summed E-state index contributed by atoms with van der Waals surface area (Å²) >= 11 is 0. The molecule has 0 amide bonds. The first-order chi connectivity index (χ1) is 7.93. The van der Waals surface area contributed by atoms with E-state index in [0.717, 1.165) is 12.1 Å². The van der Waals surface area contributed by atoms with E-state index < -0.39 is 23.8 Å². The molecule has 0 bridgehead atoms. The van der Waals surface area contributed by atoms with Crippen molar-refractivity contribution in [1.29, 1.82) is 10.5 Å². The predicted molar refractivity (Wildman–Crippen MR) is 51.7 cm³/mol. The highest BCUT2D eigenvalue weighted by atomic mass is 19.4. The van der Waals surface area contributed by atoms with E-state index in [0.29, 0.717) is 0 Å². The van der Waals surface area contributed by atoms with Crippen LogP contribution in [0.3, 0.4) is 0 Å². The third-order valence-electron chi connectivity index (χ3n) is 2.00. The van der Waals surface area contributed by atoms with Gasteiger partial charge in [-0.2, -0.15) is 23.7 Å². The minimum absolute atomic E-state index is 0.0609. The van der Waals surface area contributed by atoms with Gasteiger partial charge in [0.15, 0.2) is 0 Å². The van der Waals surface area contributed by atoms with Crippen molar-refractivity contribution in [2.24, 2.45) is 0 Å². The van der Waals surface area contributed by atoms with Gasteiger partial charge in [0.1, 0.15) is 0 Å². The molecule has 0 aliphatic rings. The molecule has 84 valence electrons. The number of hydrogen-bond donors (Lipinski definition) is 0. The Morgan fingerprint density at radius 1 is 1.29 bits per heavy atom. The zero-order valence-corrected chi connectivity index (χ0v) is 8.34. The number of benzene rings is 1. The van der Waals surface area contributed by atoms with Gasteiger partial charge in [-0.3, -0.25) is 0 Å². The fourth-order valence-electron chi connectivity index (χ4n) is 1.39. The van der Waals surface area contributed by atoms with Gasteiger partial charge in [0.2, 0.25) is 5.69 Å². The topological polar surface area (TPSA) is 51.9 Å². The van der Waals surface area contributed by atoms with E-state index in [-0.39, 0.29) is 11.1 Å². The summed E-state index contributed by atoms with van der Waals surface area (Å²) in [5, 5.41) is 17.1. The largest absolute Gasteiger partial charge is 0.407 e. The van der Waals surface area contributed by atoms with Gasteiger partial charge in [0.05, 0.1) is 30.7 Å². The molecule has 0 spiro atoms. The smallest absolute Gasteiger partial charge is 0.237 e. The molecule has 1 aromatic rings. The molecule has 0 saturated carbocycles. The Morgan fingerprint density at radius 2 is 1.94 bits per heavy atom. The van der Waals surface area contributed by atoms with Crippen molar-refractivity contribution in [3.63, 3.8) is 0 Å². The summed E-state index contributed by atoms with van der Waals surface area (Å²) in [5.41, 5.74) is -2.19. The molecule has 0 unspecified atom stereocenters. The highest BCUT2D eigenvalue weighted by Crippen LogP contribution is 2.39.